The Labute approximate surface area is 217 Å². The summed E-state index contributed by atoms with van der Waals surface area (Å²) in [4.78, 5) is 33.4. The fourth-order valence-corrected chi connectivity index (χ4v) is 4.21. The maximum Gasteiger partial charge on any atom is 0.242 e. The number of ether oxygens (including phenoxy) is 1. The molecular weight excluding hydrogens is 481 g/mol. The van der Waals surface area contributed by atoms with Gasteiger partial charge in [0.2, 0.25) is 11.8 Å². The molecule has 3 aromatic rings. The van der Waals surface area contributed by atoms with E-state index < -0.39 is 5.41 Å². The number of aromatic amines is 1. The second kappa shape index (κ2) is 12.9. The Bertz CT molecular complexity index is 1150. The van der Waals surface area contributed by atoms with Crippen molar-refractivity contribution >= 4 is 34.3 Å². The van der Waals surface area contributed by atoms with Crippen LogP contribution < -0.4 is 0 Å². The van der Waals surface area contributed by atoms with Crippen LogP contribution in [0.4, 0.5) is 4.39 Å². The maximum atomic E-state index is 13.6. The third-order valence-electron chi connectivity index (χ3n) is 6.27. The van der Waals surface area contributed by atoms with Crippen LogP contribution in [0.2, 0.25) is 0 Å². The normalized spacial score (nSPS) is 11.6. The van der Waals surface area contributed by atoms with Gasteiger partial charge in [-0.1, -0.05) is 30.3 Å². The van der Waals surface area contributed by atoms with E-state index in [4.69, 9.17) is 16.3 Å². The minimum Gasteiger partial charge on any atom is -0.385 e. The van der Waals surface area contributed by atoms with Gasteiger partial charge in [0.25, 0.3) is 0 Å². The molecular formula is C28H35ClFN3O3. The van der Waals surface area contributed by atoms with Crippen molar-refractivity contribution in [2.45, 2.75) is 33.2 Å². The van der Waals surface area contributed by atoms with Crippen molar-refractivity contribution in [3.05, 3.63) is 71.7 Å². The lowest BCUT2D eigenvalue weighted by Crippen LogP contribution is -2.48. The first-order valence-electron chi connectivity index (χ1n) is 12.2. The van der Waals surface area contributed by atoms with Gasteiger partial charge in [-0.05, 0) is 56.0 Å². The quantitative estimate of drug-likeness (QED) is 0.257. The summed E-state index contributed by atoms with van der Waals surface area (Å²) in [5.41, 5.74) is 2.18. The number of hydrogen-bond acceptors (Lipinski definition) is 3. The highest BCUT2D eigenvalue weighted by molar-refractivity contribution is 6.19. The molecule has 3 rings (SSSR count). The number of carbonyl (C=O) groups excluding carboxylic acids is 2. The molecule has 1 heterocycles. The molecule has 194 valence electrons. The number of fused-ring (bicyclic) bond motifs is 1. The van der Waals surface area contributed by atoms with Gasteiger partial charge < -0.3 is 19.5 Å². The molecule has 0 aliphatic carbocycles. The van der Waals surface area contributed by atoms with Crippen molar-refractivity contribution in [2.75, 3.05) is 39.2 Å². The first-order valence-corrected chi connectivity index (χ1v) is 12.7. The fraction of sp³-hybridized carbons (Fsp3) is 0.429. The molecule has 8 heteroatoms. The van der Waals surface area contributed by atoms with Gasteiger partial charge in [0.05, 0.1) is 12.0 Å². The molecule has 0 aliphatic heterocycles. The van der Waals surface area contributed by atoms with E-state index in [0.29, 0.717) is 39.1 Å². The number of hydrogen-bond donors (Lipinski definition) is 1. The van der Waals surface area contributed by atoms with Crippen LogP contribution in [0.5, 0.6) is 0 Å². The average Bonchev–Trinajstić information content (AvgIpc) is 3.29. The second-order valence-electron chi connectivity index (χ2n) is 9.64. The van der Waals surface area contributed by atoms with Crippen LogP contribution >= 0.6 is 11.6 Å². The van der Waals surface area contributed by atoms with Crippen LogP contribution in [0.25, 0.3) is 10.9 Å². The van der Waals surface area contributed by atoms with E-state index in [1.807, 2.05) is 24.4 Å². The monoisotopic (exact) mass is 515 g/mol. The Morgan fingerprint density at radius 2 is 1.78 bits per heavy atom. The molecule has 0 bridgehead atoms. The van der Waals surface area contributed by atoms with Crippen molar-refractivity contribution in [1.29, 1.82) is 0 Å². The molecule has 0 atom stereocenters. The summed E-state index contributed by atoms with van der Waals surface area (Å²) >= 11 is 6.07. The number of rotatable bonds is 13. The van der Waals surface area contributed by atoms with Gasteiger partial charge in [-0.25, -0.2) is 4.39 Å². The van der Waals surface area contributed by atoms with Crippen LogP contribution in [-0.2, 0) is 27.3 Å². The third-order valence-corrected chi connectivity index (χ3v) is 6.94. The van der Waals surface area contributed by atoms with E-state index in [-0.39, 0.29) is 30.1 Å². The van der Waals surface area contributed by atoms with E-state index in [2.05, 4.69) is 11.1 Å². The number of para-hydroxylation sites is 1. The molecule has 2 aromatic carbocycles. The van der Waals surface area contributed by atoms with E-state index in [1.165, 1.54) is 12.1 Å². The Morgan fingerprint density at radius 3 is 2.47 bits per heavy atom. The number of H-pyrrole nitrogens is 1. The molecule has 1 N–H and O–H groups in total. The van der Waals surface area contributed by atoms with Gasteiger partial charge >= 0.3 is 0 Å². The van der Waals surface area contributed by atoms with Crippen LogP contribution in [0.15, 0.2) is 54.7 Å². The van der Waals surface area contributed by atoms with Gasteiger partial charge in [0.15, 0.2) is 0 Å². The molecule has 0 spiro atoms. The number of carbonyl (C=O) groups is 2. The largest absolute Gasteiger partial charge is 0.385 e. The molecule has 0 unspecified atom stereocenters. The third kappa shape index (κ3) is 7.31. The lowest BCUT2D eigenvalue weighted by molar-refractivity contribution is -0.145. The molecule has 0 fully saturated rings. The van der Waals surface area contributed by atoms with Gasteiger partial charge in [0, 0.05) is 56.3 Å². The van der Waals surface area contributed by atoms with E-state index in [1.54, 1.807) is 42.9 Å². The van der Waals surface area contributed by atoms with Crippen LogP contribution in [-0.4, -0.2) is 65.8 Å². The highest BCUT2D eigenvalue weighted by Gasteiger charge is 2.33. The number of aromatic nitrogens is 1. The highest BCUT2D eigenvalue weighted by atomic mass is 35.5. The summed E-state index contributed by atoms with van der Waals surface area (Å²) in [6.07, 6.45) is 3.22. The Hall–Kier alpha value is -2.90. The highest BCUT2D eigenvalue weighted by Crippen LogP contribution is 2.22. The Kier molecular flexibility index (Phi) is 9.90. The molecule has 2 amide bonds. The first kappa shape index (κ1) is 27.7. The lowest BCUT2D eigenvalue weighted by Gasteiger charge is -2.32. The minimum atomic E-state index is -0.791. The average molecular weight is 516 g/mol. The molecule has 0 aliphatic rings. The van der Waals surface area contributed by atoms with Crippen molar-refractivity contribution in [1.82, 2.24) is 14.8 Å². The lowest BCUT2D eigenvalue weighted by atomic mass is 9.94. The zero-order valence-corrected chi connectivity index (χ0v) is 22.0. The van der Waals surface area contributed by atoms with E-state index in [0.717, 1.165) is 22.0 Å². The van der Waals surface area contributed by atoms with Gasteiger partial charge in [-0.2, -0.15) is 0 Å². The van der Waals surface area contributed by atoms with Gasteiger partial charge in [-0.15, -0.1) is 11.6 Å². The number of benzene rings is 2. The molecule has 6 nitrogen and oxygen atoms in total. The molecule has 0 saturated carbocycles. The minimum absolute atomic E-state index is 0.0576. The molecule has 36 heavy (non-hydrogen) atoms. The topological polar surface area (TPSA) is 65.6 Å². The zero-order valence-electron chi connectivity index (χ0n) is 21.2. The summed E-state index contributed by atoms with van der Waals surface area (Å²) < 4.78 is 18.6. The standard InChI is InChI=1S/C28H35ClFN3O3/c1-28(2,20-29)27(35)33(14-6-16-36-3)19-26(34)32(18-21-9-11-23(30)12-10-21)15-13-22-17-31-25-8-5-4-7-24(22)25/h4-5,7-12,17,31H,6,13-16,18-20H2,1-3H3. The second-order valence-corrected chi connectivity index (χ2v) is 9.91. The van der Waals surface area contributed by atoms with E-state index in [9.17, 15) is 14.0 Å². The Morgan fingerprint density at radius 1 is 1.06 bits per heavy atom. The number of amides is 2. The maximum absolute atomic E-state index is 13.6. The fourth-order valence-electron chi connectivity index (χ4n) is 4.10. The molecule has 0 radical (unpaired) electrons. The summed E-state index contributed by atoms with van der Waals surface area (Å²) in [5.74, 6) is -0.509. The van der Waals surface area contributed by atoms with Crippen molar-refractivity contribution in [3.8, 4) is 0 Å². The Balaban J connectivity index is 1.80. The molecule has 1 aromatic heterocycles. The van der Waals surface area contributed by atoms with Crippen molar-refractivity contribution in [3.63, 3.8) is 0 Å². The van der Waals surface area contributed by atoms with Crippen LogP contribution in [0.1, 0.15) is 31.4 Å². The smallest absolute Gasteiger partial charge is 0.242 e. The molecule has 0 saturated heterocycles. The predicted octanol–water partition coefficient (Wildman–Crippen LogP) is 5.01. The zero-order chi connectivity index (χ0) is 26.1. The predicted molar refractivity (Wildman–Crippen MR) is 141 cm³/mol. The number of alkyl halides is 1. The summed E-state index contributed by atoms with van der Waals surface area (Å²) in [7, 11) is 1.61. The van der Waals surface area contributed by atoms with Gasteiger partial charge in [0.1, 0.15) is 5.82 Å². The van der Waals surface area contributed by atoms with Crippen LogP contribution in [0.3, 0.4) is 0 Å². The van der Waals surface area contributed by atoms with E-state index >= 15 is 0 Å². The summed E-state index contributed by atoms with van der Waals surface area (Å²) in [6, 6.07) is 14.2. The summed E-state index contributed by atoms with van der Waals surface area (Å²) in [5, 5.41) is 1.12. The van der Waals surface area contributed by atoms with Crippen molar-refractivity contribution in [2.24, 2.45) is 5.41 Å². The number of nitrogens with one attached hydrogen (secondary N) is 1. The number of halogens is 2. The first-order chi connectivity index (χ1) is 17.2. The SMILES string of the molecule is COCCCN(CC(=O)N(CCc1c[nH]c2ccccc12)Cc1ccc(F)cc1)C(=O)C(C)(C)CCl. The number of methoxy groups -OCH3 is 1. The van der Waals surface area contributed by atoms with Crippen LogP contribution in [0, 0.1) is 11.2 Å². The van der Waals surface area contributed by atoms with Gasteiger partial charge in [-0.3, -0.25) is 9.59 Å². The summed E-state index contributed by atoms with van der Waals surface area (Å²) in [6.45, 7) is 5.16. The number of nitrogens with zero attached hydrogens (tertiary/aromatic N) is 2. The van der Waals surface area contributed by atoms with Crippen molar-refractivity contribution < 1.29 is 18.7 Å².